The largest absolute Gasteiger partial charge is 0.332 e. The summed E-state index contributed by atoms with van der Waals surface area (Å²) in [5.74, 6) is -0.868. The van der Waals surface area contributed by atoms with Crippen LogP contribution in [-0.2, 0) is 9.59 Å². The summed E-state index contributed by atoms with van der Waals surface area (Å²) < 4.78 is 0. The Labute approximate surface area is 162 Å². The van der Waals surface area contributed by atoms with Crippen LogP contribution in [0.15, 0.2) is 42.5 Å². The third-order valence-corrected chi connectivity index (χ3v) is 4.92. The molecule has 0 spiro atoms. The number of benzene rings is 2. The van der Waals surface area contributed by atoms with E-state index in [0.29, 0.717) is 16.4 Å². The Bertz CT molecular complexity index is 911. The van der Waals surface area contributed by atoms with Gasteiger partial charge in [-0.2, -0.15) is 0 Å². The van der Waals surface area contributed by atoms with Crippen LogP contribution in [0.25, 0.3) is 0 Å². The molecule has 0 aromatic heterocycles. The maximum atomic E-state index is 12.7. The summed E-state index contributed by atoms with van der Waals surface area (Å²) in [7, 11) is 0. The van der Waals surface area contributed by atoms with Gasteiger partial charge in [0.1, 0.15) is 12.6 Å². The first-order chi connectivity index (χ1) is 12.8. The molecular formula is C20H20ClN3O3. The summed E-state index contributed by atoms with van der Waals surface area (Å²) in [4.78, 5) is 39.9. The van der Waals surface area contributed by atoms with Crippen LogP contribution in [0.2, 0.25) is 5.02 Å². The van der Waals surface area contributed by atoms with E-state index >= 15 is 0 Å². The molecule has 0 aliphatic carbocycles. The SMILES string of the molecule is Cc1ccc(N2C(=O)N(CC(=O)Nc3ccc(C)c(Cl)c3)C(=O)C2C)cc1. The van der Waals surface area contributed by atoms with Crippen LogP contribution >= 0.6 is 11.6 Å². The molecule has 4 amide bonds. The molecule has 140 valence electrons. The number of anilines is 2. The minimum absolute atomic E-state index is 0.351. The number of carbonyl (C=O) groups is 3. The minimum Gasteiger partial charge on any atom is -0.324 e. The molecule has 27 heavy (non-hydrogen) atoms. The van der Waals surface area contributed by atoms with E-state index < -0.39 is 23.9 Å². The molecule has 1 unspecified atom stereocenters. The minimum atomic E-state index is -0.665. The highest BCUT2D eigenvalue weighted by atomic mass is 35.5. The predicted octanol–water partition coefficient (Wildman–Crippen LogP) is 3.75. The zero-order valence-electron chi connectivity index (χ0n) is 15.3. The van der Waals surface area contributed by atoms with E-state index in [2.05, 4.69) is 5.32 Å². The van der Waals surface area contributed by atoms with E-state index in [9.17, 15) is 14.4 Å². The second-order valence-corrected chi connectivity index (χ2v) is 7.01. The van der Waals surface area contributed by atoms with E-state index in [-0.39, 0.29) is 6.54 Å². The summed E-state index contributed by atoms with van der Waals surface area (Å²) in [5.41, 5.74) is 3.08. The van der Waals surface area contributed by atoms with Crippen LogP contribution in [0.3, 0.4) is 0 Å². The number of halogens is 1. The molecule has 2 aromatic carbocycles. The first-order valence-corrected chi connectivity index (χ1v) is 8.93. The molecule has 1 atom stereocenters. The fourth-order valence-corrected chi connectivity index (χ4v) is 3.11. The first-order valence-electron chi connectivity index (χ1n) is 8.55. The lowest BCUT2D eigenvalue weighted by Crippen LogP contribution is -2.39. The normalized spacial score (nSPS) is 16.8. The number of imide groups is 1. The molecule has 3 rings (SSSR count). The van der Waals surface area contributed by atoms with Gasteiger partial charge in [0, 0.05) is 16.4 Å². The van der Waals surface area contributed by atoms with E-state index in [1.54, 1.807) is 37.3 Å². The molecule has 6 nitrogen and oxygen atoms in total. The van der Waals surface area contributed by atoms with Crippen LogP contribution in [0.4, 0.5) is 16.2 Å². The van der Waals surface area contributed by atoms with Gasteiger partial charge in [-0.25, -0.2) is 4.79 Å². The first kappa shape index (κ1) is 18.9. The van der Waals surface area contributed by atoms with Crippen molar-refractivity contribution in [3.8, 4) is 0 Å². The molecule has 1 N–H and O–H groups in total. The molecule has 0 radical (unpaired) electrons. The Morgan fingerprint density at radius 3 is 2.41 bits per heavy atom. The van der Waals surface area contributed by atoms with Crippen LogP contribution in [0, 0.1) is 13.8 Å². The molecule has 2 aromatic rings. The zero-order valence-corrected chi connectivity index (χ0v) is 16.1. The average molecular weight is 386 g/mol. The van der Waals surface area contributed by atoms with E-state index in [0.717, 1.165) is 16.0 Å². The predicted molar refractivity (Wildman–Crippen MR) is 105 cm³/mol. The van der Waals surface area contributed by atoms with Crippen molar-refractivity contribution < 1.29 is 14.4 Å². The van der Waals surface area contributed by atoms with Crippen molar-refractivity contribution in [3.63, 3.8) is 0 Å². The summed E-state index contributed by atoms with van der Waals surface area (Å²) in [6.45, 7) is 5.10. The second kappa shape index (κ2) is 7.40. The van der Waals surface area contributed by atoms with Crippen molar-refractivity contribution >= 4 is 40.8 Å². The molecular weight excluding hydrogens is 366 g/mol. The summed E-state index contributed by atoms with van der Waals surface area (Å²) in [6, 6.07) is 11.3. The molecule has 0 saturated carbocycles. The van der Waals surface area contributed by atoms with Crippen molar-refractivity contribution in [1.29, 1.82) is 0 Å². The number of urea groups is 1. The number of carbonyl (C=O) groups excluding carboxylic acids is 3. The fraction of sp³-hybridized carbons (Fsp3) is 0.250. The molecule has 1 heterocycles. The molecule has 1 fully saturated rings. The average Bonchev–Trinajstić information content (AvgIpc) is 2.83. The Kier molecular flexibility index (Phi) is 5.19. The highest BCUT2D eigenvalue weighted by Gasteiger charge is 2.44. The maximum Gasteiger partial charge on any atom is 0.332 e. The van der Waals surface area contributed by atoms with Gasteiger partial charge in [-0.15, -0.1) is 0 Å². The Hall–Kier alpha value is -2.86. The molecule has 1 aliphatic rings. The van der Waals surface area contributed by atoms with Crippen LogP contribution in [-0.4, -0.2) is 35.3 Å². The van der Waals surface area contributed by atoms with Gasteiger partial charge in [-0.1, -0.05) is 35.4 Å². The lowest BCUT2D eigenvalue weighted by Gasteiger charge is -2.19. The Balaban J connectivity index is 1.73. The van der Waals surface area contributed by atoms with Gasteiger partial charge < -0.3 is 5.32 Å². The summed E-state index contributed by atoms with van der Waals surface area (Å²) in [5, 5.41) is 3.19. The maximum absolute atomic E-state index is 12.7. The van der Waals surface area contributed by atoms with Gasteiger partial charge in [0.05, 0.1) is 0 Å². The van der Waals surface area contributed by atoms with Crippen molar-refractivity contribution in [2.45, 2.75) is 26.8 Å². The topological polar surface area (TPSA) is 69.7 Å². The molecule has 0 bridgehead atoms. The number of hydrogen-bond acceptors (Lipinski definition) is 3. The number of amides is 4. The van der Waals surface area contributed by atoms with Gasteiger partial charge in [-0.05, 0) is 50.6 Å². The van der Waals surface area contributed by atoms with Crippen molar-refractivity contribution in [1.82, 2.24) is 4.90 Å². The van der Waals surface area contributed by atoms with Crippen molar-refractivity contribution in [2.24, 2.45) is 0 Å². The highest BCUT2D eigenvalue weighted by molar-refractivity contribution is 6.31. The quantitative estimate of drug-likeness (QED) is 0.815. The Morgan fingerprint density at radius 2 is 1.78 bits per heavy atom. The standard InChI is InChI=1S/C20H20ClN3O3/c1-12-4-8-16(9-5-12)24-14(3)19(26)23(20(24)27)11-18(25)22-15-7-6-13(2)17(21)10-15/h4-10,14H,11H2,1-3H3,(H,22,25). The van der Waals surface area contributed by atoms with Crippen LogP contribution in [0.5, 0.6) is 0 Å². The number of nitrogens with zero attached hydrogens (tertiary/aromatic N) is 2. The molecule has 1 aliphatic heterocycles. The third kappa shape index (κ3) is 3.80. The second-order valence-electron chi connectivity index (χ2n) is 6.60. The fourth-order valence-electron chi connectivity index (χ4n) is 2.93. The van der Waals surface area contributed by atoms with E-state index in [4.69, 9.17) is 11.6 Å². The van der Waals surface area contributed by atoms with Gasteiger partial charge in [0.25, 0.3) is 5.91 Å². The van der Waals surface area contributed by atoms with Crippen molar-refractivity contribution in [2.75, 3.05) is 16.8 Å². The molecule has 1 saturated heterocycles. The van der Waals surface area contributed by atoms with E-state index in [1.807, 2.05) is 26.0 Å². The monoisotopic (exact) mass is 385 g/mol. The van der Waals surface area contributed by atoms with Gasteiger partial charge in [0.2, 0.25) is 5.91 Å². The highest BCUT2D eigenvalue weighted by Crippen LogP contribution is 2.26. The third-order valence-electron chi connectivity index (χ3n) is 4.52. The lowest BCUT2D eigenvalue weighted by atomic mass is 10.2. The molecule has 7 heteroatoms. The number of nitrogens with one attached hydrogen (secondary N) is 1. The summed E-state index contributed by atoms with van der Waals surface area (Å²) >= 11 is 6.05. The number of rotatable bonds is 4. The van der Waals surface area contributed by atoms with Crippen LogP contribution < -0.4 is 10.2 Å². The Morgan fingerprint density at radius 1 is 1.11 bits per heavy atom. The zero-order chi connectivity index (χ0) is 19.7. The number of hydrogen-bond donors (Lipinski definition) is 1. The number of aryl methyl sites for hydroxylation is 2. The van der Waals surface area contributed by atoms with Crippen LogP contribution in [0.1, 0.15) is 18.1 Å². The van der Waals surface area contributed by atoms with Gasteiger partial charge >= 0.3 is 6.03 Å². The smallest absolute Gasteiger partial charge is 0.324 e. The lowest BCUT2D eigenvalue weighted by molar-refractivity contribution is -0.130. The van der Waals surface area contributed by atoms with Crippen molar-refractivity contribution in [3.05, 3.63) is 58.6 Å². The van der Waals surface area contributed by atoms with Gasteiger partial charge in [0.15, 0.2) is 0 Å². The summed E-state index contributed by atoms with van der Waals surface area (Å²) in [6.07, 6.45) is 0. The van der Waals surface area contributed by atoms with E-state index in [1.165, 1.54) is 4.90 Å². The van der Waals surface area contributed by atoms with Gasteiger partial charge in [-0.3, -0.25) is 19.4 Å².